The molecule has 0 fully saturated rings. The predicted molar refractivity (Wildman–Crippen MR) is 103 cm³/mol. The van der Waals surface area contributed by atoms with E-state index in [1.54, 1.807) is 24.4 Å². The Bertz CT molecular complexity index is 878. The maximum absolute atomic E-state index is 13.9. The Morgan fingerprint density at radius 2 is 1.71 bits per heavy atom. The SMILES string of the molecule is CC(=O)N[C@H](Cc1ccccc1F)C(=O)N[C@H](Cc1cccnc1Br)C(=O)O. The van der Waals surface area contributed by atoms with E-state index < -0.39 is 35.7 Å². The summed E-state index contributed by atoms with van der Waals surface area (Å²) in [5.74, 6) is -2.96. The average Bonchev–Trinajstić information content (AvgIpc) is 2.63. The maximum atomic E-state index is 13.9. The number of hydrogen-bond acceptors (Lipinski definition) is 4. The number of carbonyl (C=O) groups is 3. The van der Waals surface area contributed by atoms with Crippen LogP contribution >= 0.6 is 15.9 Å². The zero-order chi connectivity index (χ0) is 20.7. The summed E-state index contributed by atoms with van der Waals surface area (Å²) in [6.45, 7) is 1.23. The van der Waals surface area contributed by atoms with Crippen LogP contribution in [0.2, 0.25) is 0 Å². The van der Waals surface area contributed by atoms with Gasteiger partial charge in [0, 0.05) is 26.0 Å². The van der Waals surface area contributed by atoms with Gasteiger partial charge in [0.1, 0.15) is 22.5 Å². The summed E-state index contributed by atoms with van der Waals surface area (Å²) in [5, 5.41) is 14.3. The summed E-state index contributed by atoms with van der Waals surface area (Å²) < 4.78 is 14.4. The van der Waals surface area contributed by atoms with Crippen molar-refractivity contribution in [3.05, 3.63) is 64.1 Å². The molecular formula is C19H19BrFN3O4. The third-order valence-corrected chi connectivity index (χ3v) is 4.66. The summed E-state index contributed by atoms with van der Waals surface area (Å²) in [6, 6.07) is 6.85. The maximum Gasteiger partial charge on any atom is 0.326 e. The van der Waals surface area contributed by atoms with Crippen molar-refractivity contribution < 1.29 is 23.9 Å². The van der Waals surface area contributed by atoms with E-state index in [2.05, 4.69) is 31.5 Å². The molecule has 0 saturated carbocycles. The van der Waals surface area contributed by atoms with Gasteiger partial charge in [0.25, 0.3) is 0 Å². The minimum atomic E-state index is -1.25. The van der Waals surface area contributed by atoms with E-state index in [1.807, 2.05) is 0 Å². The fourth-order valence-electron chi connectivity index (χ4n) is 2.60. The van der Waals surface area contributed by atoms with Crippen molar-refractivity contribution in [2.24, 2.45) is 0 Å². The third kappa shape index (κ3) is 6.12. The summed E-state index contributed by atoms with van der Waals surface area (Å²) in [6.07, 6.45) is 1.42. The Morgan fingerprint density at radius 3 is 2.32 bits per heavy atom. The first-order chi connectivity index (χ1) is 13.3. The Kier molecular flexibility index (Phi) is 7.62. The third-order valence-electron chi connectivity index (χ3n) is 3.95. The number of pyridine rings is 1. The van der Waals surface area contributed by atoms with E-state index >= 15 is 0 Å². The molecule has 0 saturated heterocycles. The van der Waals surface area contributed by atoms with Gasteiger partial charge in [-0.15, -0.1) is 0 Å². The zero-order valence-corrected chi connectivity index (χ0v) is 16.6. The van der Waals surface area contributed by atoms with Crippen LogP contribution in [-0.2, 0) is 27.2 Å². The van der Waals surface area contributed by atoms with Crippen molar-refractivity contribution >= 4 is 33.7 Å². The number of amides is 2. The van der Waals surface area contributed by atoms with Crippen molar-refractivity contribution in [2.45, 2.75) is 31.8 Å². The van der Waals surface area contributed by atoms with Crippen LogP contribution in [0.25, 0.3) is 0 Å². The molecule has 0 aliphatic carbocycles. The molecule has 0 bridgehead atoms. The molecule has 2 amide bonds. The largest absolute Gasteiger partial charge is 0.480 e. The van der Waals surface area contributed by atoms with E-state index in [1.165, 1.54) is 25.1 Å². The molecule has 0 radical (unpaired) electrons. The van der Waals surface area contributed by atoms with Crippen LogP contribution in [0.1, 0.15) is 18.1 Å². The highest BCUT2D eigenvalue weighted by Gasteiger charge is 2.27. The minimum Gasteiger partial charge on any atom is -0.480 e. The Labute approximate surface area is 169 Å². The molecular weight excluding hydrogens is 433 g/mol. The summed E-state index contributed by atoms with van der Waals surface area (Å²) in [5.41, 5.74) is 0.832. The number of carboxylic acids is 1. The quantitative estimate of drug-likeness (QED) is 0.530. The van der Waals surface area contributed by atoms with Gasteiger partial charge in [0.2, 0.25) is 11.8 Å². The van der Waals surface area contributed by atoms with Crippen LogP contribution in [0, 0.1) is 5.82 Å². The van der Waals surface area contributed by atoms with Gasteiger partial charge in [-0.3, -0.25) is 9.59 Å². The molecule has 9 heteroatoms. The molecule has 2 atom stereocenters. The van der Waals surface area contributed by atoms with Gasteiger partial charge in [0.05, 0.1) is 0 Å². The molecule has 2 rings (SSSR count). The Morgan fingerprint density at radius 1 is 1.07 bits per heavy atom. The highest BCUT2D eigenvalue weighted by atomic mass is 79.9. The van der Waals surface area contributed by atoms with E-state index in [0.717, 1.165) is 0 Å². The van der Waals surface area contributed by atoms with Crippen LogP contribution in [0.15, 0.2) is 47.2 Å². The first kappa shape index (κ1) is 21.5. The van der Waals surface area contributed by atoms with Crippen LogP contribution in [0.5, 0.6) is 0 Å². The van der Waals surface area contributed by atoms with E-state index in [9.17, 15) is 23.9 Å². The number of aromatic nitrogens is 1. The van der Waals surface area contributed by atoms with Gasteiger partial charge in [-0.1, -0.05) is 24.3 Å². The molecule has 0 spiro atoms. The number of benzene rings is 1. The van der Waals surface area contributed by atoms with E-state index in [-0.39, 0.29) is 18.4 Å². The summed E-state index contributed by atoms with van der Waals surface area (Å²) in [7, 11) is 0. The van der Waals surface area contributed by atoms with E-state index in [4.69, 9.17) is 0 Å². The first-order valence-corrected chi connectivity index (χ1v) is 9.20. The zero-order valence-electron chi connectivity index (χ0n) is 15.0. The second-order valence-electron chi connectivity index (χ2n) is 6.11. The number of carbonyl (C=O) groups excluding carboxylic acids is 2. The Balaban J connectivity index is 2.17. The number of aliphatic carboxylic acids is 1. The molecule has 1 aromatic heterocycles. The second kappa shape index (κ2) is 9.93. The van der Waals surface area contributed by atoms with Gasteiger partial charge in [-0.05, 0) is 39.2 Å². The number of hydrogen-bond donors (Lipinski definition) is 3. The van der Waals surface area contributed by atoms with Crippen LogP contribution in [0.3, 0.4) is 0 Å². The fourth-order valence-corrected chi connectivity index (χ4v) is 3.01. The Hall–Kier alpha value is -2.81. The predicted octanol–water partition coefficient (Wildman–Crippen LogP) is 1.84. The lowest BCUT2D eigenvalue weighted by molar-refractivity contribution is -0.142. The molecule has 1 heterocycles. The fraction of sp³-hybridized carbons (Fsp3) is 0.263. The number of carboxylic acid groups (broad SMARTS) is 1. The second-order valence-corrected chi connectivity index (χ2v) is 6.86. The lowest BCUT2D eigenvalue weighted by Crippen LogP contribution is -2.52. The number of rotatable bonds is 8. The number of halogens is 2. The smallest absolute Gasteiger partial charge is 0.326 e. The van der Waals surface area contributed by atoms with Crippen molar-refractivity contribution in [1.29, 1.82) is 0 Å². The topological polar surface area (TPSA) is 108 Å². The van der Waals surface area contributed by atoms with Crippen LogP contribution < -0.4 is 10.6 Å². The number of nitrogens with one attached hydrogen (secondary N) is 2. The molecule has 28 heavy (non-hydrogen) atoms. The normalized spacial score (nSPS) is 12.7. The minimum absolute atomic E-state index is 0.0119. The van der Waals surface area contributed by atoms with Gasteiger partial charge < -0.3 is 15.7 Å². The van der Waals surface area contributed by atoms with Crippen molar-refractivity contribution in [2.75, 3.05) is 0 Å². The van der Waals surface area contributed by atoms with Gasteiger partial charge >= 0.3 is 5.97 Å². The molecule has 0 aliphatic heterocycles. The van der Waals surface area contributed by atoms with Crippen molar-refractivity contribution in [3.63, 3.8) is 0 Å². The molecule has 0 unspecified atom stereocenters. The van der Waals surface area contributed by atoms with Crippen molar-refractivity contribution in [1.82, 2.24) is 15.6 Å². The molecule has 2 aromatic rings. The standard InChI is InChI=1S/C19H19BrFN3O4/c1-11(25)23-15(9-12-5-2-3-7-14(12)21)18(26)24-16(19(27)28)10-13-6-4-8-22-17(13)20/h2-8,15-16H,9-10H2,1H3,(H,23,25)(H,24,26)(H,27,28)/t15-,16-/m1/s1. The molecule has 7 nitrogen and oxygen atoms in total. The molecule has 3 N–H and O–H groups in total. The summed E-state index contributed by atoms with van der Waals surface area (Å²) in [4.78, 5) is 39.8. The summed E-state index contributed by atoms with van der Waals surface area (Å²) >= 11 is 3.24. The van der Waals surface area contributed by atoms with Crippen molar-refractivity contribution in [3.8, 4) is 0 Å². The van der Waals surface area contributed by atoms with Gasteiger partial charge in [0.15, 0.2) is 0 Å². The first-order valence-electron chi connectivity index (χ1n) is 8.41. The molecule has 1 aromatic carbocycles. The van der Waals surface area contributed by atoms with E-state index in [0.29, 0.717) is 10.2 Å². The van der Waals surface area contributed by atoms with Crippen LogP contribution in [-0.4, -0.2) is 40.0 Å². The molecule has 0 aliphatic rings. The average molecular weight is 452 g/mol. The number of nitrogens with zero attached hydrogens (tertiary/aromatic N) is 1. The van der Waals surface area contributed by atoms with Gasteiger partial charge in [-0.2, -0.15) is 0 Å². The highest BCUT2D eigenvalue weighted by molar-refractivity contribution is 9.10. The van der Waals surface area contributed by atoms with Gasteiger partial charge in [-0.25, -0.2) is 14.2 Å². The highest BCUT2D eigenvalue weighted by Crippen LogP contribution is 2.15. The molecule has 148 valence electrons. The van der Waals surface area contributed by atoms with Crippen LogP contribution in [0.4, 0.5) is 4.39 Å². The lowest BCUT2D eigenvalue weighted by Gasteiger charge is -2.21. The monoisotopic (exact) mass is 451 g/mol. The lowest BCUT2D eigenvalue weighted by atomic mass is 10.0.